The lowest BCUT2D eigenvalue weighted by Gasteiger charge is -2.40. The molecule has 3 rings (SSSR count). The number of nitrogens with one attached hydrogen (secondary N) is 1. The van der Waals surface area contributed by atoms with Crippen LogP contribution in [0, 0.1) is 6.92 Å². The van der Waals surface area contributed by atoms with Crippen LogP contribution in [0.25, 0.3) is 0 Å². The molecule has 2 heterocycles. The molecule has 1 N–H and O–H groups in total. The number of hydrogen-bond donors (Lipinski definition) is 1. The van der Waals surface area contributed by atoms with Gasteiger partial charge in [-0.15, -0.1) is 0 Å². The predicted octanol–water partition coefficient (Wildman–Crippen LogP) is 2.91. The van der Waals surface area contributed by atoms with E-state index in [9.17, 15) is 9.59 Å². The Kier molecular flexibility index (Phi) is 4.83. The highest BCUT2D eigenvalue weighted by Crippen LogP contribution is 2.37. The van der Waals surface area contributed by atoms with Crippen LogP contribution in [-0.2, 0) is 15.0 Å². The van der Waals surface area contributed by atoms with E-state index in [1.165, 1.54) is 0 Å². The van der Waals surface area contributed by atoms with Crippen LogP contribution in [0.15, 0.2) is 48.7 Å². The van der Waals surface area contributed by atoms with Gasteiger partial charge in [0.05, 0.1) is 5.41 Å². The van der Waals surface area contributed by atoms with Crippen molar-refractivity contribution in [3.63, 3.8) is 0 Å². The summed E-state index contributed by atoms with van der Waals surface area (Å²) in [5.74, 6) is 0.0410. The smallest absolute Gasteiger partial charge is 0.235 e. The molecule has 0 saturated carbocycles. The highest BCUT2D eigenvalue weighted by molar-refractivity contribution is 5.99. The SMILES string of the molecule is CC(=O)N1CCC(C(=O)Nc2ccnc(C)c2)(c2ccccc2)CC1. The van der Waals surface area contributed by atoms with Crippen LogP contribution >= 0.6 is 0 Å². The van der Waals surface area contributed by atoms with Crippen LogP contribution in [0.2, 0.25) is 0 Å². The molecule has 25 heavy (non-hydrogen) atoms. The van der Waals surface area contributed by atoms with Gasteiger partial charge in [0.25, 0.3) is 0 Å². The van der Waals surface area contributed by atoms with Crippen LogP contribution in [0.4, 0.5) is 5.69 Å². The number of piperidine rings is 1. The minimum atomic E-state index is -0.621. The number of amides is 2. The lowest BCUT2D eigenvalue weighted by atomic mass is 9.72. The van der Waals surface area contributed by atoms with E-state index in [0.717, 1.165) is 16.9 Å². The van der Waals surface area contributed by atoms with Gasteiger partial charge in [-0.1, -0.05) is 30.3 Å². The summed E-state index contributed by atoms with van der Waals surface area (Å²) in [6.45, 7) is 4.66. The molecular weight excluding hydrogens is 314 g/mol. The number of benzene rings is 1. The number of carbonyl (C=O) groups excluding carboxylic acids is 2. The van der Waals surface area contributed by atoms with Crippen LogP contribution < -0.4 is 5.32 Å². The zero-order valence-electron chi connectivity index (χ0n) is 14.7. The van der Waals surface area contributed by atoms with Crippen molar-refractivity contribution in [1.82, 2.24) is 9.88 Å². The summed E-state index contributed by atoms with van der Waals surface area (Å²) < 4.78 is 0. The molecule has 5 heteroatoms. The van der Waals surface area contributed by atoms with Crippen molar-refractivity contribution in [3.05, 3.63) is 59.9 Å². The molecule has 0 spiro atoms. The van der Waals surface area contributed by atoms with Crippen molar-refractivity contribution >= 4 is 17.5 Å². The predicted molar refractivity (Wildman–Crippen MR) is 97.2 cm³/mol. The van der Waals surface area contributed by atoms with Crippen LogP contribution in [0.3, 0.4) is 0 Å². The van der Waals surface area contributed by atoms with E-state index >= 15 is 0 Å². The molecule has 2 amide bonds. The third-order valence-corrected chi connectivity index (χ3v) is 4.98. The molecule has 1 aliphatic heterocycles. The molecule has 2 aromatic rings. The van der Waals surface area contributed by atoms with E-state index in [0.29, 0.717) is 25.9 Å². The number of anilines is 1. The number of carbonyl (C=O) groups is 2. The van der Waals surface area contributed by atoms with Gasteiger partial charge in [-0.2, -0.15) is 0 Å². The highest BCUT2D eigenvalue weighted by Gasteiger charge is 2.43. The largest absolute Gasteiger partial charge is 0.343 e. The fourth-order valence-corrected chi connectivity index (χ4v) is 3.48. The number of nitrogens with zero attached hydrogens (tertiary/aromatic N) is 2. The first-order valence-electron chi connectivity index (χ1n) is 8.56. The maximum Gasteiger partial charge on any atom is 0.235 e. The summed E-state index contributed by atoms with van der Waals surface area (Å²) >= 11 is 0. The van der Waals surface area contributed by atoms with Gasteiger partial charge in [0.1, 0.15) is 0 Å². The summed E-state index contributed by atoms with van der Waals surface area (Å²) in [5.41, 5.74) is 1.99. The minimum Gasteiger partial charge on any atom is -0.343 e. The van der Waals surface area contributed by atoms with Crippen molar-refractivity contribution in [1.29, 1.82) is 0 Å². The van der Waals surface area contributed by atoms with E-state index in [1.807, 2.05) is 48.2 Å². The van der Waals surface area contributed by atoms with Gasteiger partial charge in [-0.25, -0.2) is 0 Å². The first-order chi connectivity index (χ1) is 12.0. The molecule has 1 aliphatic rings. The summed E-state index contributed by atoms with van der Waals surface area (Å²) in [4.78, 5) is 30.9. The number of aryl methyl sites for hydroxylation is 1. The lowest BCUT2D eigenvalue weighted by molar-refractivity contribution is -0.133. The molecule has 0 radical (unpaired) electrons. The normalized spacial score (nSPS) is 16.3. The van der Waals surface area contributed by atoms with Crippen molar-refractivity contribution in [2.45, 2.75) is 32.1 Å². The first-order valence-corrected chi connectivity index (χ1v) is 8.56. The van der Waals surface area contributed by atoms with Crippen molar-refractivity contribution in [3.8, 4) is 0 Å². The second-order valence-corrected chi connectivity index (χ2v) is 6.59. The molecule has 1 aromatic heterocycles. The molecule has 0 aliphatic carbocycles. The summed E-state index contributed by atoms with van der Waals surface area (Å²) in [6.07, 6.45) is 2.93. The second-order valence-electron chi connectivity index (χ2n) is 6.59. The maximum absolute atomic E-state index is 13.2. The first kappa shape index (κ1) is 17.1. The third-order valence-electron chi connectivity index (χ3n) is 4.98. The standard InChI is InChI=1S/C20H23N3O2/c1-15-14-18(8-11-21-15)22-19(25)20(17-6-4-3-5-7-17)9-12-23(13-10-20)16(2)24/h3-8,11,14H,9-10,12-13H2,1-2H3,(H,21,22,25). The van der Waals surface area contributed by atoms with Gasteiger partial charge in [0.2, 0.25) is 11.8 Å². The monoisotopic (exact) mass is 337 g/mol. The molecule has 0 atom stereocenters. The van der Waals surface area contributed by atoms with Crippen molar-refractivity contribution < 1.29 is 9.59 Å². The summed E-state index contributed by atoms with van der Waals surface area (Å²) in [6, 6.07) is 13.5. The Morgan fingerprint density at radius 2 is 1.80 bits per heavy atom. The van der Waals surface area contributed by atoms with Gasteiger partial charge >= 0.3 is 0 Å². The average molecular weight is 337 g/mol. The quantitative estimate of drug-likeness (QED) is 0.937. The lowest BCUT2D eigenvalue weighted by Crippen LogP contribution is -2.50. The second kappa shape index (κ2) is 7.05. The third kappa shape index (κ3) is 3.55. The Balaban J connectivity index is 1.89. The van der Waals surface area contributed by atoms with Gasteiger partial charge < -0.3 is 10.2 Å². The summed E-state index contributed by atoms with van der Waals surface area (Å²) in [5, 5.41) is 3.05. The topological polar surface area (TPSA) is 62.3 Å². The Labute approximate surface area is 148 Å². The van der Waals surface area contributed by atoms with E-state index in [-0.39, 0.29) is 11.8 Å². The maximum atomic E-state index is 13.2. The van der Waals surface area contributed by atoms with Crippen molar-refractivity contribution in [2.24, 2.45) is 0 Å². The number of aromatic nitrogens is 1. The molecule has 1 fully saturated rings. The van der Waals surface area contributed by atoms with Gasteiger partial charge in [0, 0.05) is 37.6 Å². The van der Waals surface area contributed by atoms with Gasteiger partial charge in [0.15, 0.2) is 0 Å². The molecule has 0 unspecified atom stereocenters. The fourth-order valence-electron chi connectivity index (χ4n) is 3.48. The van der Waals surface area contributed by atoms with Crippen molar-refractivity contribution in [2.75, 3.05) is 18.4 Å². The van der Waals surface area contributed by atoms with Gasteiger partial charge in [-0.3, -0.25) is 14.6 Å². The molecule has 0 bridgehead atoms. The minimum absolute atomic E-state index is 0.0208. The zero-order chi connectivity index (χ0) is 17.9. The Hall–Kier alpha value is -2.69. The fraction of sp³-hybridized carbons (Fsp3) is 0.350. The van der Waals surface area contributed by atoms with Crippen LogP contribution in [0.1, 0.15) is 31.0 Å². The average Bonchev–Trinajstić information content (AvgIpc) is 2.62. The molecule has 1 aromatic carbocycles. The van der Waals surface area contributed by atoms with Crippen LogP contribution in [0.5, 0.6) is 0 Å². The van der Waals surface area contributed by atoms with E-state index in [2.05, 4.69) is 10.3 Å². The molecule has 130 valence electrons. The van der Waals surface area contributed by atoms with E-state index < -0.39 is 5.41 Å². The highest BCUT2D eigenvalue weighted by atomic mass is 16.2. The zero-order valence-corrected chi connectivity index (χ0v) is 14.7. The van der Waals surface area contributed by atoms with E-state index in [1.54, 1.807) is 19.2 Å². The number of pyridine rings is 1. The van der Waals surface area contributed by atoms with E-state index in [4.69, 9.17) is 0 Å². The Bertz CT molecular complexity index is 766. The number of likely N-dealkylation sites (tertiary alicyclic amines) is 1. The molecular formula is C20H23N3O2. The molecule has 5 nitrogen and oxygen atoms in total. The Morgan fingerprint density at radius 1 is 1.12 bits per heavy atom. The summed E-state index contributed by atoms with van der Waals surface area (Å²) in [7, 11) is 0. The van der Waals surface area contributed by atoms with Crippen LogP contribution in [-0.4, -0.2) is 34.8 Å². The van der Waals surface area contributed by atoms with Gasteiger partial charge in [-0.05, 0) is 37.5 Å². The number of hydrogen-bond acceptors (Lipinski definition) is 3. The Morgan fingerprint density at radius 3 is 2.40 bits per heavy atom. The molecule has 1 saturated heterocycles. The number of rotatable bonds is 3.